The summed E-state index contributed by atoms with van der Waals surface area (Å²) in [5, 5.41) is 9.08. The molecule has 0 aromatic carbocycles. The lowest BCUT2D eigenvalue weighted by Gasteiger charge is -2.22. The maximum atomic E-state index is 13.0. The van der Waals surface area contributed by atoms with Crippen LogP contribution in [0, 0.1) is 5.82 Å². The minimum atomic E-state index is -1.15. The molecule has 0 radical (unpaired) electrons. The molecule has 0 saturated carbocycles. The third-order valence-electron chi connectivity index (χ3n) is 3.26. The Kier molecular flexibility index (Phi) is 3.47. The van der Waals surface area contributed by atoms with Crippen LogP contribution in [0.4, 0.5) is 10.2 Å². The predicted octanol–water partition coefficient (Wildman–Crippen LogP) is 1.06. The van der Waals surface area contributed by atoms with Crippen molar-refractivity contribution in [2.24, 2.45) is 0 Å². The number of rotatable bonds is 3. The molecule has 1 aliphatic heterocycles. The smallest absolute Gasteiger partial charge is 0.339 e. The number of hydrogen-bond donors (Lipinski definition) is 1. The lowest BCUT2D eigenvalue weighted by atomic mass is 10.2. The fourth-order valence-electron chi connectivity index (χ4n) is 2.20. The van der Waals surface area contributed by atoms with Gasteiger partial charge < -0.3 is 14.9 Å². The number of carbonyl (C=O) groups is 1. The molecule has 0 bridgehead atoms. The number of nitrogens with zero attached hydrogens (tertiary/aromatic N) is 3. The Morgan fingerprint density at radius 2 is 2.33 bits per heavy atom. The molecular formula is C12H16FN3O2. The lowest BCUT2D eigenvalue weighted by Crippen LogP contribution is -2.32. The second-order valence-electron chi connectivity index (χ2n) is 4.68. The molecule has 1 saturated heterocycles. The third-order valence-corrected chi connectivity index (χ3v) is 3.26. The molecule has 2 rings (SSSR count). The molecule has 6 heteroatoms. The van der Waals surface area contributed by atoms with Crippen molar-refractivity contribution in [1.29, 1.82) is 0 Å². The minimum Gasteiger partial charge on any atom is -0.478 e. The van der Waals surface area contributed by atoms with Crippen LogP contribution in [0.5, 0.6) is 0 Å². The van der Waals surface area contributed by atoms with Crippen molar-refractivity contribution in [3.8, 4) is 0 Å². The topological polar surface area (TPSA) is 56.7 Å². The second kappa shape index (κ2) is 4.89. The molecule has 1 aromatic heterocycles. The maximum absolute atomic E-state index is 13.0. The van der Waals surface area contributed by atoms with E-state index in [0.717, 1.165) is 25.2 Å². The molecule has 5 nitrogen and oxygen atoms in total. The molecule has 2 heterocycles. The molecule has 1 atom stereocenters. The Bertz CT molecular complexity index is 465. The Balaban J connectivity index is 2.27. The average molecular weight is 253 g/mol. The summed E-state index contributed by atoms with van der Waals surface area (Å²) < 4.78 is 13.0. The predicted molar refractivity (Wildman–Crippen MR) is 65.5 cm³/mol. The summed E-state index contributed by atoms with van der Waals surface area (Å²) in [6, 6.07) is 1.40. The summed E-state index contributed by atoms with van der Waals surface area (Å²) in [5.41, 5.74) is -0.0746. The van der Waals surface area contributed by atoms with Gasteiger partial charge in [0.1, 0.15) is 17.2 Å². The van der Waals surface area contributed by atoms with Gasteiger partial charge in [0, 0.05) is 19.1 Å². The number of hydrogen-bond acceptors (Lipinski definition) is 4. The Morgan fingerprint density at radius 3 is 2.89 bits per heavy atom. The van der Waals surface area contributed by atoms with Crippen molar-refractivity contribution in [3.63, 3.8) is 0 Å². The van der Waals surface area contributed by atoms with Crippen LogP contribution >= 0.6 is 0 Å². The van der Waals surface area contributed by atoms with E-state index in [1.165, 1.54) is 0 Å². The maximum Gasteiger partial charge on any atom is 0.339 e. The number of anilines is 1. The highest BCUT2D eigenvalue weighted by atomic mass is 19.1. The number of carboxylic acids is 1. The van der Waals surface area contributed by atoms with Gasteiger partial charge in [0.15, 0.2) is 0 Å². The SMILES string of the molecule is CN(C)C1CCN(c2ncc(F)cc2C(=O)O)C1. The van der Waals surface area contributed by atoms with Crippen molar-refractivity contribution in [2.75, 3.05) is 32.1 Å². The Labute approximate surface area is 105 Å². The minimum absolute atomic E-state index is 0.0746. The summed E-state index contributed by atoms with van der Waals surface area (Å²) in [4.78, 5) is 19.0. The molecule has 1 fully saturated rings. The van der Waals surface area contributed by atoms with E-state index in [9.17, 15) is 9.18 Å². The van der Waals surface area contributed by atoms with Crippen molar-refractivity contribution < 1.29 is 14.3 Å². The summed E-state index contributed by atoms with van der Waals surface area (Å²) in [5.74, 6) is -1.42. The molecule has 1 unspecified atom stereocenters. The number of aromatic carboxylic acids is 1. The van der Waals surface area contributed by atoms with Crippen LogP contribution in [0.2, 0.25) is 0 Å². The zero-order valence-corrected chi connectivity index (χ0v) is 10.4. The summed E-state index contributed by atoms with van der Waals surface area (Å²) in [6.07, 6.45) is 2.01. The number of halogens is 1. The highest BCUT2D eigenvalue weighted by molar-refractivity contribution is 5.93. The van der Waals surface area contributed by atoms with Crippen molar-refractivity contribution in [2.45, 2.75) is 12.5 Å². The van der Waals surface area contributed by atoms with E-state index in [1.54, 1.807) is 0 Å². The molecule has 98 valence electrons. The van der Waals surface area contributed by atoms with Gasteiger partial charge in [-0.15, -0.1) is 0 Å². The first kappa shape index (κ1) is 12.8. The summed E-state index contributed by atoms with van der Waals surface area (Å²) in [6.45, 7) is 1.45. The van der Waals surface area contributed by atoms with Crippen LogP contribution in [-0.2, 0) is 0 Å². The van der Waals surface area contributed by atoms with Gasteiger partial charge in [-0.3, -0.25) is 0 Å². The fourth-order valence-corrected chi connectivity index (χ4v) is 2.20. The third kappa shape index (κ3) is 2.43. The van der Waals surface area contributed by atoms with E-state index in [0.29, 0.717) is 18.4 Å². The Hall–Kier alpha value is -1.69. The van der Waals surface area contributed by atoms with Crippen molar-refractivity contribution >= 4 is 11.8 Å². The van der Waals surface area contributed by atoms with Crippen LogP contribution < -0.4 is 4.90 Å². The van der Waals surface area contributed by atoms with Crippen molar-refractivity contribution in [1.82, 2.24) is 9.88 Å². The quantitative estimate of drug-likeness (QED) is 0.873. The van der Waals surface area contributed by atoms with Gasteiger partial charge in [0.2, 0.25) is 0 Å². The van der Waals surface area contributed by atoms with Gasteiger partial charge in [-0.2, -0.15) is 0 Å². The second-order valence-corrected chi connectivity index (χ2v) is 4.68. The highest BCUT2D eigenvalue weighted by Crippen LogP contribution is 2.24. The van der Waals surface area contributed by atoms with Crippen molar-refractivity contribution in [3.05, 3.63) is 23.6 Å². The normalized spacial score (nSPS) is 19.6. The zero-order valence-electron chi connectivity index (χ0n) is 10.4. The molecule has 0 amide bonds. The summed E-state index contributed by atoms with van der Waals surface area (Å²) >= 11 is 0. The zero-order chi connectivity index (χ0) is 13.3. The number of pyridine rings is 1. The van der Waals surface area contributed by atoms with Crippen LogP contribution in [0.1, 0.15) is 16.8 Å². The van der Waals surface area contributed by atoms with Crippen LogP contribution in [0.3, 0.4) is 0 Å². The Morgan fingerprint density at radius 1 is 1.61 bits per heavy atom. The fraction of sp³-hybridized carbons (Fsp3) is 0.500. The molecular weight excluding hydrogens is 237 g/mol. The molecule has 1 aromatic rings. The number of aromatic nitrogens is 1. The van der Waals surface area contributed by atoms with Crippen LogP contribution in [0.15, 0.2) is 12.3 Å². The molecule has 18 heavy (non-hydrogen) atoms. The van der Waals surface area contributed by atoms with Crippen LogP contribution in [0.25, 0.3) is 0 Å². The standard InChI is InChI=1S/C12H16FN3O2/c1-15(2)9-3-4-16(7-9)11-10(12(17)18)5-8(13)6-14-11/h5-6,9H,3-4,7H2,1-2H3,(H,17,18). The number of carboxylic acid groups (broad SMARTS) is 1. The van der Waals surface area contributed by atoms with Gasteiger partial charge in [0.05, 0.1) is 6.20 Å². The average Bonchev–Trinajstić information content (AvgIpc) is 2.78. The van der Waals surface area contributed by atoms with Gasteiger partial charge in [0.25, 0.3) is 0 Å². The van der Waals surface area contributed by atoms with E-state index >= 15 is 0 Å². The number of likely N-dealkylation sites (N-methyl/N-ethyl adjacent to an activating group) is 1. The first-order valence-corrected chi connectivity index (χ1v) is 5.79. The first-order chi connectivity index (χ1) is 8.49. The molecule has 1 N–H and O–H groups in total. The monoisotopic (exact) mass is 253 g/mol. The van der Waals surface area contributed by atoms with E-state index in [2.05, 4.69) is 9.88 Å². The van der Waals surface area contributed by atoms with E-state index in [4.69, 9.17) is 5.11 Å². The van der Waals surface area contributed by atoms with E-state index in [1.807, 2.05) is 19.0 Å². The van der Waals surface area contributed by atoms with Gasteiger partial charge in [-0.1, -0.05) is 0 Å². The van der Waals surface area contributed by atoms with Crippen LogP contribution in [-0.4, -0.2) is 54.2 Å². The molecule has 1 aliphatic rings. The van der Waals surface area contributed by atoms with E-state index in [-0.39, 0.29) is 5.56 Å². The first-order valence-electron chi connectivity index (χ1n) is 5.79. The largest absolute Gasteiger partial charge is 0.478 e. The van der Waals surface area contributed by atoms with Gasteiger partial charge in [-0.25, -0.2) is 14.2 Å². The molecule has 0 spiro atoms. The van der Waals surface area contributed by atoms with E-state index < -0.39 is 11.8 Å². The molecule has 0 aliphatic carbocycles. The van der Waals surface area contributed by atoms with Gasteiger partial charge in [-0.05, 0) is 26.6 Å². The summed E-state index contributed by atoms with van der Waals surface area (Å²) in [7, 11) is 3.98. The van der Waals surface area contributed by atoms with Gasteiger partial charge >= 0.3 is 5.97 Å². The highest BCUT2D eigenvalue weighted by Gasteiger charge is 2.28. The lowest BCUT2D eigenvalue weighted by molar-refractivity contribution is 0.0696.